The van der Waals surface area contributed by atoms with Gasteiger partial charge in [0, 0.05) is 19.7 Å². The fourth-order valence-electron chi connectivity index (χ4n) is 1.77. The molecular weight excluding hydrogens is 273 g/mol. The van der Waals surface area contributed by atoms with Crippen molar-refractivity contribution < 1.29 is 13.9 Å². The van der Waals surface area contributed by atoms with Gasteiger partial charge in [0.05, 0.1) is 35.9 Å². The van der Waals surface area contributed by atoms with Crippen LogP contribution >= 0.6 is 11.6 Å². The molecule has 1 heterocycles. The Morgan fingerprint density at radius 2 is 2.16 bits per heavy atom. The van der Waals surface area contributed by atoms with Gasteiger partial charge in [-0.2, -0.15) is 0 Å². The largest absolute Gasteiger partial charge is 0.382 e. The molecule has 0 atom stereocenters. The highest BCUT2D eigenvalue weighted by Gasteiger charge is 2.11. The predicted molar refractivity (Wildman–Crippen MR) is 71.8 cm³/mol. The Labute approximate surface area is 115 Å². The van der Waals surface area contributed by atoms with Gasteiger partial charge >= 0.3 is 0 Å². The number of nitrogen functional groups attached to an aromatic ring is 1. The maximum Gasteiger partial charge on any atom is 0.201 e. The lowest BCUT2D eigenvalue weighted by molar-refractivity contribution is 0.0671. The van der Waals surface area contributed by atoms with Gasteiger partial charge in [-0.25, -0.2) is 9.37 Å². The highest BCUT2D eigenvalue weighted by atomic mass is 35.5. The van der Waals surface area contributed by atoms with E-state index < -0.39 is 5.82 Å². The van der Waals surface area contributed by atoms with Crippen LogP contribution in [-0.4, -0.2) is 36.5 Å². The van der Waals surface area contributed by atoms with Gasteiger partial charge in [0.1, 0.15) is 5.82 Å². The summed E-state index contributed by atoms with van der Waals surface area (Å²) in [5.74, 6) is -0.192. The van der Waals surface area contributed by atoms with Crippen molar-refractivity contribution in [3.63, 3.8) is 0 Å². The SMILES string of the molecule is COCCOCCn1c(N)nc2cc(F)c(Cl)cc21. The van der Waals surface area contributed by atoms with Gasteiger partial charge < -0.3 is 19.8 Å². The van der Waals surface area contributed by atoms with Crippen LogP contribution in [0.5, 0.6) is 0 Å². The molecule has 0 unspecified atom stereocenters. The van der Waals surface area contributed by atoms with E-state index in [4.69, 9.17) is 26.8 Å². The van der Waals surface area contributed by atoms with Crippen LogP contribution in [0.25, 0.3) is 11.0 Å². The zero-order valence-electron chi connectivity index (χ0n) is 10.5. The molecule has 0 fully saturated rings. The van der Waals surface area contributed by atoms with Gasteiger partial charge in [-0.1, -0.05) is 11.6 Å². The minimum Gasteiger partial charge on any atom is -0.382 e. The molecule has 19 heavy (non-hydrogen) atoms. The second kappa shape index (κ2) is 6.18. The first-order valence-corrected chi connectivity index (χ1v) is 6.18. The van der Waals surface area contributed by atoms with Crippen molar-refractivity contribution in [2.24, 2.45) is 0 Å². The highest BCUT2D eigenvalue weighted by Crippen LogP contribution is 2.24. The molecule has 1 aromatic carbocycles. The summed E-state index contributed by atoms with van der Waals surface area (Å²) in [7, 11) is 1.61. The molecule has 1 aromatic heterocycles. The molecule has 2 N–H and O–H groups in total. The molecule has 2 aromatic rings. The summed E-state index contributed by atoms with van der Waals surface area (Å²) < 4.78 is 25.3. The number of nitrogens with zero attached hydrogens (tertiary/aromatic N) is 2. The van der Waals surface area contributed by atoms with Crippen LogP contribution < -0.4 is 5.73 Å². The van der Waals surface area contributed by atoms with E-state index in [9.17, 15) is 4.39 Å². The average Bonchev–Trinajstić information content (AvgIpc) is 2.66. The molecule has 0 saturated heterocycles. The molecule has 5 nitrogen and oxygen atoms in total. The standard InChI is InChI=1S/C12H15ClFN3O2/c1-18-4-5-19-3-2-17-11-6-8(13)9(14)7-10(11)16-12(17)15/h6-7H,2-5H2,1H3,(H2,15,16). The lowest BCUT2D eigenvalue weighted by Crippen LogP contribution is -2.11. The zero-order chi connectivity index (χ0) is 13.8. The van der Waals surface area contributed by atoms with E-state index in [0.717, 1.165) is 0 Å². The molecule has 2 rings (SSSR count). The van der Waals surface area contributed by atoms with E-state index in [1.54, 1.807) is 11.7 Å². The van der Waals surface area contributed by atoms with Crippen LogP contribution in [0.15, 0.2) is 12.1 Å². The van der Waals surface area contributed by atoms with Crippen molar-refractivity contribution in [2.45, 2.75) is 6.54 Å². The minimum absolute atomic E-state index is 0.0500. The molecule has 7 heteroatoms. The second-order valence-electron chi connectivity index (χ2n) is 3.98. The second-order valence-corrected chi connectivity index (χ2v) is 4.39. The molecule has 0 aliphatic carbocycles. The maximum atomic E-state index is 13.3. The van der Waals surface area contributed by atoms with E-state index in [1.807, 2.05) is 0 Å². The van der Waals surface area contributed by atoms with E-state index in [1.165, 1.54) is 12.1 Å². The number of benzene rings is 1. The van der Waals surface area contributed by atoms with Crippen LogP contribution in [0.1, 0.15) is 0 Å². The van der Waals surface area contributed by atoms with Crippen LogP contribution in [-0.2, 0) is 16.0 Å². The van der Waals surface area contributed by atoms with Gasteiger partial charge in [-0.3, -0.25) is 0 Å². The molecule has 0 saturated carbocycles. The molecule has 104 valence electrons. The first kappa shape index (κ1) is 14.0. The van der Waals surface area contributed by atoms with Crippen LogP contribution in [0, 0.1) is 5.82 Å². The van der Waals surface area contributed by atoms with Crippen LogP contribution in [0.3, 0.4) is 0 Å². The summed E-state index contributed by atoms with van der Waals surface area (Å²) >= 11 is 5.77. The molecular formula is C12H15ClFN3O2. The summed E-state index contributed by atoms with van der Waals surface area (Å²) in [5, 5.41) is 0.0500. The number of fused-ring (bicyclic) bond motifs is 1. The lowest BCUT2D eigenvalue weighted by Gasteiger charge is -2.07. The fourth-order valence-corrected chi connectivity index (χ4v) is 1.93. The van der Waals surface area contributed by atoms with Gasteiger partial charge in [-0.15, -0.1) is 0 Å². The molecule has 0 aliphatic heterocycles. The summed E-state index contributed by atoms with van der Waals surface area (Å²) in [5.41, 5.74) is 6.98. The van der Waals surface area contributed by atoms with E-state index in [-0.39, 0.29) is 5.02 Å². The van der Waals surface area contributed by atoms with Crippen LogP contribution in [0.2, 0.25) is 5.02 Å². The van der Waals surface area contributed by atoms with Crippen molar-refractivity contribution in [3.8, 4) is 0 Å². The normalized spacial score (nSPS) is 11.3. The Kier molecular flexibility index (Phi) is 4.57. The lowest BCUT2D eigenvalue weighted by atomic mass is 10.3. The number of methoxy groups -OCH3 is 1. The molecule has 0 bridgehead atoms. The summed E-state index contributed by atoms with van der Waals surface area (Å²) in [6.45, 7) is 2.04. The number of hydrogen-bond donors (Lipinski definition) is 1. The van der Waals surface area contributed by atoms with Crippen molar-refractivity contribution in [1.82, 2.24) is 9.55 Å². The van der Waals surface area contributed by atoms with E-state index in [2.05, 4.69) is 4.98 Å². The quantitative estimate of drug-likeness (QED) is 0.826. The third-order valence-electron chi connectivity index (χ3n) is 2.71. The Bertz CT molecular complexity index is 574. The van der Waals surface area contributed by atoms with Gasteiger partial charge in [0.15, 0.2) is 0 Å². The maximum absolute atomic E-state index is 13.3. The highest BCUT2D eigenvalue weighted by molar-refractivity contribution is 6.31. The Morgan fingerprint density at radius 3 is 2.89 bits per heavy atom. The fraction of sp³-hybridized carbons (Fsp3) is 0.417. The van der Waals surface area contributed by atoms with E-state index >= 15 is 0 Å². The third-order valence-corrected chi connectivity index (χ3v) is 3.00. The summed E-state index contributed by atoms with van der Waals surface area (Å²) in [6.07, 6.45) is 0. The first-order chi connectivity index (χ1) is 9.13. The number of nitrogens with two attached hydrogens (primary N) is 1. The zero-order valence-corrected chi connectivity index (χ0v) is 11.3. The van der Waals surface area contributed by atoms with Crippen LogP contribution in [0.4, 0.5) is 10.3 Å². The number of ether oxygens (including phenoxy) is 2. The minimum atomic E-state index is -0.504. The van der Waals surface area contributed by atoms with Crippen molar-refractivity contribution in [2.75, 3.05) is 32.7 Å². The van der Waals surface area contributed by atoms with Gasteiger partial charge in [-0.05, 0) is 6.07 Å². The van der Waals surface area contributed by atoms with Crippen molar-refractivity contribution in [3.05, 3.63) is 23.0 Å². The van der Waals surface area contributed by atoms with Gasteiger partial charge in [0.2, 0.25) is 5.95 Å². The Hall–Kier alpha value is -1.37. The Morgan fingerprint density at radius 1 is 1.37 bits per heavy atom. The monoisotopic (exact) mass is 287 g/mol. The predicted octanol–water partition coefficient (Wildman–Crippen LogP) is 2.07. The molecule has 0 amide bonds. The number of anilines is 1. The van der Waals surface area contributed by atoms with Crippen molar-refractivity contribution >= 4 is 28.6 Å². The smallest absolute Gasteiger partial charge is 0.201 e. The molecule has 0 spiro atoms. The Balaban J connectivity index is 2.13. The number of aromatic nitrogens is 2. The van der Waals surface area contributed by atoms with E-state index in [0.29, 0.717) is 43.3 Å². The number of rotatable bonds is 6. The number of halogens is 2. The topological polar surface area (TPSA) is 62.3 Å². The molecule has 0 aliphatic rings. The molecule has 0 radical (unpaired) electrons. The average molecular weight is 288 g/mol. The number of hydrogen-bond acceptors (Lipinski definition) is 4. The summed E-state index contributed by atoms with van der Waals surface area (Å²) in [6, 6.07) is 2.79. The third kappa shape index (κ3) is 3.15. The van der Waals surface area contributed by atoms with Gasteiger partial charge in [0.25, 0.3) is 0 Å². The van der Waals surface area contributed by atoms with Crippen molar-refractivity contribution in [1.29, 1.82) is 0 Å². The summed E-state index contributed by atoms with van der Waals surface area (Å²) in [4.78, 5) is 4.09. The first-order valence-electron chi connectivity index (χ1n) is 5.81. The number of imidazole rings is 1.